The molecule has 24 heavy (non-hydrogen) atoms. The van der Waals surface area contributed by atoms with E-state index < -0.39 is 36.7 Å². The lowest BCUT2D eigenvalue weighted by Crippen LogP contribution is -2.38. The number of alkyl halides is 2. The van der Waals surface area contributed by atoms with E-state index in [9.17, 15) is 23.1 Å². The molecule has 0 aliphatic heterocycles. The Kier molecular flexibility index (Phi) is 7.25. The molecule has 7 heteroatoms. The number of carbonyl (C=O) groups is 1. The molecule has 0 amide bonds. The summed E-state index contributed by atoms with van der Waals surface area (Å²) in [6, 6.07) is 12.9. The molecule has 0 aliphatic carbocycles. The summed E-state index contributed by atoms with van der Waals surface area (Å²) in [4.78, 5) is 10.4. The second kappa shape index (κ2) is 8.70. The summed E-state index contributed by atoms with van der Waals surface area (Å²) >= 11 is 0. The first-order valence-corrected chi connectivity index (χ1v) is 6.93. The summed E-state index contributed by atoms with van der Waals surface area (Å²) in [6.07, 6.45) is -7.97. The summed E-state index contributed by atoms with van der Waals surface area (Å²) in [5.74, 6) is -2.64. The van der Waals surface area contributed by atoms with Crippen LogP contribution < -0.4 is 0 Å². The maximum Gasteiger partial charge on any atom is 0.341 e. The number of aliphatic carboxylic acids is 1. The normalized spacial score (nSPS) is 14.3. The van der Waals surface area contributed by atoms with Gasteiger partial charge in [0.05, 0.1) is 0 Å². The van der Waals surface area contributed by atoms with Gasteiger partial charge in [-0.3, -0.25) is 0 Å². The number of hydrogen-bond acceptors (Lipinski definition) is 2. The first-order chi connectivity index (χ1) is 10.9. The summed E-state index contributed by atoms with van der Waals surface area (Å²) < 4.78 is 41.5. The Hall–Kier alpha value is -2.05. The topological polar surface area (TPSA) is 57.5 Å². The van der Waals surface area contributed by atoms with E-state index in [1.54, 1.807) is 30.3 Å². The minimum absolute atomic E-state index is 0. The van der Waals surface area contributed by atoms with E-state index in [-0.39, 0.29) is 23.5 Å². The molecule has 2 N–H and O–H groups in total. The monoisotopic (exact) mass is 360 g/mol. The van der Waals surface area contributed by atoms with Crippen molar-refractivity contribution < 1.29 is 28.2 Å². The molecule has 3 unspecified atom stereocenters. The van der Waals surface area contributed by atoms with E-state index >= 15 is 0 Å². The van der Waals surface area contributed by atoms with Crippen molar-refractivity contribution in [2.24, 2.45) is 0 Å². The highest BCUT2D eigenvalue weighted by molar-refractivity contribution is 5.85. The van der Waals surface area contributed by atoms with Gasteiger partial charge in [-0.1, -0.05) is 48.5 Å². The number of aliphatic hydroxyl groups excluding tert-OH is 1. The third-order valence-electron chi connectivity index (χ3n) is 3.48. The fraction of sp³-hybridized carbons (Fsp3) is 0.235. The van der Waals surface area contributed by atoms with Crippen molar-refractivity contribution in [1.29, 1.82) is 0 Å². The Balaban J connectivity index is 0.00000288. The van der Waals surface area contributed by atoms with E-state index in [1.165, 1.54) is 18.2 Å². The Morgan fingerprint density at radius 3 is 2.25 bits per heavy atom. The van der Waals surface area contributed by atoms with Crippen LogP contribution in [0.15, 0.2) is 48.5 Å². The highest BCUT2D eigenvalue weighted by Crippen LogP contribution is 2.26. The number of rotatable bonds is 6. The molecule has 130 valence electrons. The van der Waals surface area contributed by atoms with Gasteiger partial charge in [0.1, 0.15) is 18.1 Å². The predicted molar refractivity (Wildman–Crippen MR) is 86.2 cm³/mol. The molecule has 3 atom stereocenters. The average molecular weight is 361 g/mol. The molecular weight excluding hydrogens is 345 g/mol. The quantitative estimate of drug-likeness (QED) is 0.828. The molecule has 0 fully saturated rings. The molecule has 0 aliphatic rings. The van der Waals surface area contributed by atoms with E-state index in [2.05, 4.69) is 0 Å². The van der Waals surface area contributed by atoms with Gasteiger partial charge >= 0.3 is 5.97 Å². The van der Waals surface area contributed by atoms with Gasteiger partial charge in [0.2, 0.25) is 6.17 Å². The zero-order valence-electron chi connectivity index (χ0n) is 12.4. The summed E-state index contributed by atoms with van der Waals surface area (Å²) in [7, 11) is 0. The molecule has 2 rings (SSSR count). The smallest absolute Gasteiger partial charge is 0.341 e. The number of aliphatic hydroxyl groups is 1. The van der Waals surface area contributed by atoms with Crippen LogP contribution in [-0.4, -0.2) is 34.6 Å². The lowest BCUT2D eigenvalue weighted by Gasteiger charge is -2.18. The van der Waals surface area contributed by atoms with Gasteiger partial charge in [-0.15, -0.1) is 12.4 Å². The Bertz CT molecular complexity index is 682. The van der Waals surface area contributed by atoms with Crippen molar-refractivity contribution in [3.8, 4) is 11.1 Å². The Labute approximate surface area is 143 Å². The standard InChI is InChI=1S/C17H15F3O3.ClH/c18-13(16(21)15(20)17(22)23)9-11-7-4-8-12(14(11)19)10-5-2-1-3-6-10;/h1-8,13,15-16,21H,9H2,(H,22,23);1H. The number of halogens is 4. The van der Waals surface area contributed by atoms with Crippen LogP contribution in [0.4, 0.5) is 13.2 Å². The highest BCUT2D eigenvalue weighted by Gasteiger charge is 2.33. The average Bonchev–Trinajstić information content (AvgIpc) is 2.56. The maximum atomic E-state index is 14.5. The molecular formula is C17H16ClF3O3. The fourth-order valence-corrected chi connectivity index (χ4v) is 2.24. The number of hydrogen-bond donors (Lipinski definition) is 2. The van der Waals surface area contributed by atoms with Crippen LogP contribution in [0.2, 0.25) is 0 Å². The molecule has 0 bridgehead atoms. The summed E-state index contributed by atoms with van der Waals surface area (Å²) in [5, 5.41) is 17.8. The lowest BCUT2D eigenvalue weighted by atomic mass is 9.97. The van der Waals surface area contributed by atoms with E-state index in [1.807, 2.05) is 0 Å². The van der Waals surface area contributed by atoms with Crippen LogP contribution in [0.1, 0.15) is 5.56 Å². The van der Waals surface area contributed by atoms with E-state index in [4.69, 9.17) is 5.11 Å². The van der Waals surface area contributed by atoms with Gasteiger partial charge in [0.15, 0.2) is 0 Å². The molecule has 0 saturated carbocycles. The molecule has 0 spiro atoms. The van der Waals surface area contributed by atoms with Crippen LogP contribution in [0.5, 0.6) is 0 Å². The lowest BCUT2D eigenvalue weighted by molar-refractivity contribution is -0.149. The summed E-state index contributed by atoms with van der Waals surface area (Å²) in [6.45, 7) is 0. The van der Waals surface area contributed by atoms with Crippen molar-refractivity contribution in [1.82, 2.24) is 0 Å². The van der Waals surface area contributed by atoms with Crippen molar-refractivity contribution in [2.45, 2.75) is 24.9 Å². The van der Waals surface area contributed by atoms with Gasteiger partial charge in [0.25, 0.3) is 0 Å². The van der Waals surface area contributed by atoms with Crippen LogP contribution in [0, 0.1) is 5.82 Å². The molecule has 0 radical (unpaired) electrons. The molecule has 3 nitrogen and oxygen atoms in total. The minimum atomic E-state index is -2.76. The number of carboxylic acids is 1. The van der Waals surface area contributed by atoms with Crippen molar-refractivity contribution in [3.63, 3.8) is 0 Å². The molecule has 2 aromatic carbocycles. The van der Waals surface area contributed by atoms with E-state index in [0.717, 1.165) is 0 Å². The highest BCUT2D eigenvalue weighted by atomic mass is 35.5. The predicted octanol–water partition coefficient (Wildman–Crippen LogP) is 3.58. The second-order valence-electron chi connectivity index (χ2n) is 5.10. The number of benzene rings is 2. The van der Waals surface area contributed by atoms with Gasteiger partial charge in [0, 0.05) is 12.0 Å². The zero-order chi connectivity index (χ0) is 17.0. The first-order valence-electron chi connectivity index (χ1n) is 6.93. The Morgan fingerprint density at radius 2 is 1.67 bits per heavy atom. The first kappa shape index (κ1) is 20.0. The minimum Gasteiger partial charge on any atom is -0.479 e. The molecule has 0 heterocycles. The largest absolute Gasteiger partial charge is 0.479 e. The summed E-state index contributed by atoms with van der Waals surface area (Å²) in [5.41, 5.74) is 0.784. The van der Waals surface area contributed by atoms with Crippen LogP contribution >= 0.6 is 12.4 Å². The second-order valence-corrected chi connectivity index (χ2v) is 5.10. The molecule has 0 aromatic heterocycles. The SMILES string of the molecule is Cl.O=C(O)C(F)C(O)C(F)Cc1cccc(-c2ccccc2)c1F. The van der Waals surface area contributed by atoms with Gasteiger partial charge in [-0.2, -0.15) is 0 Å². The maximum absolute atomic E-state index is 14.5. The van der Waals surface area contributed by atoms with Crippen molar-refractivity contribution in [3.05, 3.63) is 59.9 Å². The third kappa shape index (κ3) is 4.49. The van der Waals surface area contributed by atoms with Crippen molar-refractivity contribution >= 4 is 18.4 Å². The van der Waals surface area contributed by atoms with Crippen molar-refractivity contribution in [2.75, 3.05) is 0 Å². The van der Waals surface area contributed by atoms with Gasteiger partial charge in [-0.25, -0.2) is 18.0 Å². The fourth-order valence-electron chi connectivity index (χ4n) is 2.24. The number of carboxylic acid groups (broad SMARTS) is 1. The third-order valence-corrected chi connectivity index (χ3v) is 3.48. The van der Waals surface area contributed by atoms with E-state index in [0.29, 0.717) is 5.56 Å². The van der Waals surface area contributed by atoms with Crippen LogP contribution in [0.25, 0.3) is 11.1 Å². The van der Waals surface area contributed by atoms with Gasteiger partial charge < -0.3 is 10.2 Å². The van der Waals surface area contributed by atoms with Crippen LogP contribution in [0.3, 0.4) is 0 Å². The molecule has 2 aromatic rings. The van der Waals surface area contributed by atoms with Gasteiger partial charge in [-0.05, 0) is 11.1 Å². The molecule has 0 saturated heterocycles. The van der Waals surface area contributed by atoms with Crippen LogP contribution in [-0.2, 0) is 11.2 Å². The zero-order valence-corrected chi connectivity index (χ0v) is 13.2. The Morgan fingerprint density at radius 1 is 1.04 bits per heavy atom.